The summed E-state index contributed by atoms with van der Waals surface area (Å²) < 4.78 is 0. The predicted octanol–water partition coefficient (Wildman–Crippen LogP) is 0.294. The van der Waals surface area contributed by atoms with E-state index in [0.717, 1.165) is 11.1 Å². The van der Waals surface area contributed by atoms with E-state index >= 15 is 0 Å². The molecule has 1 unspecified atom stereocenters. The third-order valence-corrected chi connectivity index (χ3v) is 2.57. The molecular formula is C11H10N4O2. The number of aliphatic carboxylic acids is 1. The molecule has 2 aliphatic rings. The van der Waals surface area contributed by atoms with Crippen molar-refractivity contribution >= 4 is 17.4 Å². The first kappa shape index (κ1) is 11.2. The molecule has 1 aliphatic carbocycles. The molecule has 6 nitrogen and oxygen atoms in total. The lowest BCUT2D eigenvalue weighted by Gasteiger charge is -2.10. The van der Waals surface area contributed by atoms with Gasteiger partial charge in [0.05, 0.1) is 0 Å². The molecule has 0 spiro atoms. The van der Waals surface area contributed by atoms with Gasteiger partial charge in [-0.05, 0) is 5.57 Å². The molecule has 0 amide bonds. The second-order valence-corrected chi connectivity index (χ2v) is 3.71. The number of hydrogen-bond donors (Lipinski definition) is 2. The molecule has 0 aromatic rings. The first-order valence-electron chi connectivity index (χ1n) is 5.00. The molecular weight excluding hydrogens is 220 g/mol. The predicted molar refractivity (Wildman–Crippen MR) is 61.6 cm³/mol. The second-order valence-electron chi connectivity index (χ2n) is 3.71. The Hall–Kier alpha value is -2.30. The molecule has 86 valence electrons. The molecule has 0 aromatic heterocycles. The molecule has 1 aliphatic heterocycles. The number of hydrogen-bond acceptors (Lipinski definition) is 3. The topological polar surface area (TPSA) is 112 Å². The number of carboxylic acids is 1. The lowest BCUT2D eigenvalue weighted by Crippen LogP contribution is -2.31. The van der Waals surface area contributed by atoms with Gasteiger partial charge in [0, 0.05) is 24.3 Å². The Kier molecular flexibility index (Phi) is 2.82. The lowest BCUT2D eigenvalue weighted by molar-refractivity contribution is -0.138. The van der Waals surface area contributed by atoms with Gasteiger partial charge in [-0.25, -0.2) is 4.99 Å². The minimum absolute atomic E-state index is 0.195. The molecule has 1 atom stereocenters. The molecule has 0 saturated heterocycles. The quantitative estimate of drug-likeness (QED) is 0.413. The number of nitrogens with zero attached hydrogens (tertiary/aromatic N) is 3. The fraction of sp³-hybridized carbons (Fsp3) is 0.182. The van der Waals surface area contributed by atoms with Gasteiger partial charge in [-0.3, -0.25) is 4.79 Å². The highest BCUT2D eigenvalue weighted by Gasteiger charge is 2.29. The molecule has 17 heavy (non-hydrogen) atoms. The molecule has 2 rings (SSSR count). The Bertz CT molecular complexity index is 548. The van der Waals surface area contributed by atoms with Gasteiger partial charge in [0.2, 0.25) is 0 Å². The zero-order chi connectivity index (χ0) is 12.4. The second kappa shape index (κ2) is 4.29. The van der Waals surface area contributed by atoms with Crippen LogP contribution in [-0.2, 0) is 4.79 Å². The van der Waals surface area contributed by atoms with Crippen LogP contribution in [0.3, 0.4) is 0 Å². The largest absolute Gasteiger partial charge is 0.480 e. The van der Waals surface area contributed by atoms with E-state index in [1.54, 1.807) is 24.4 Å². The van der Waals surface area contributed by atoms with Crippen LogP contribution in [0.1, 0.15) is 6.42 Å². The van der Waals surface area contributed by atoms with Gasteiger partial charge in [0.25, 0.3) is 0 Å². The molecule has 3 N–H and O–H groups in total. The molecule has 1 heterocycles. The van der Waals surface area contributed by atoms with Crippen LogP contribution in [0.25, 0.3) is 5.53 Å². The van der Waals surface area contributed by atoms with Crippen molar-refractivity contribution in [3.05, 3.63) is 41.1 Å². The Balaban J connectivity index is 2.22. The minimum atomic E-state index is -1.05. The van der Waals surface area contributed by atoms with Crippen molar-refractivity contribution in [3.8, 4) is 0 Å². The van der Waals surface area contributed by atoms with Crippen molar-refractivity contribution in [1.29, 1.82) is 0 Å². The molecule has 0 fully saturated rings. The maximum Gasteiger partial charge on any atom is 0.341 e. The summed E-state index contributed by atoms with van der Waals surface area (Å²) in [7, 11) is 0. The summed E-state index contributed by atoms with van der Waals surface area (Å²) in [4.78, 5) is 17.9. The van der Waals surface area contributed by atoms with Gasteiger partial charge in [-0.2, -0.15) is 4.79 Å². The summed E-state index contributed by atoms with van der Waals surface area (Å²) in [5, 5.41) is 8.75. The number of nitrogens with two attached hydrogens (primary N) is 1. The summed E-state index contributed by atoms with van der Waals surface area (Å²) in [5.41, 5.74) is 16.7. The number of allylic oxidation sites excluding steroid dienone is 4. The Morgan fingerprint density at radius 1 is 1.65 bits per heavy atom. The van der Waals surface area contributed by atoms with Crippen LogP contribution in [0.15, 0.2) is 40.6 Å². The third-order valence-electron chi connectivity index (χ3n) is 2.57. The number of rotatable bonds is 3. The SMILES string of the molecule is [N-]=[N+]=C1C=CC=C2C(CC(N)C(=O)O)=CN=C21. The first-order valence-corrected chi connectivity index (χ1v) is 5.00. The van der Waals surface area contributed by atoms with Gasteiger partial charge in [0.1, 0.15) is 6.04 Å². The summed E-state index contributed by atoms with van der Waals surface area (Å²) in [6.07, 6.45) is 6.88. The van der Waals surface area contributed by atoms with Crippen LogP contribution in [0.5, 0.6) is 0 Å². The van der Waals surface area contributed by atoms with E-state index in [9.17, 15) is 4.79 Å². The van der Waals surface area contributed by atoms with Crippen molar-refractivity contribution in [2.45, 2.75) is 12.5 Å². The van der Waals surface area contributed by atoms with E-state index in [1.807, 2.05) is 0 Å². The van der Waals surface area contributed by atoms with Crippen molar-refractivity contribution < 1.29 is 14.7 Å². The minimum Gasteiger partial charge on any atom is -0.480 e. The molecule has 0 radical (unpaired) electrons. The third kappa shape index (κ3) is 1.99. The molecule has 0 bridgehead atoms. The normalized spacial score (nSPS) is 18.9. The fourth-order valence-corrected chi connectivity index (χ4v) is 1.71. The summed E-state index contributed by atoms with van der Waals surface area (Å²) in [6, 6.07) is -0.961. The van der Waals surface area contributed by atoms with Crippen LogP contribution in [0, 0.1) is 0 Å². The van der Waals surface area contributed by atoms with Crippen LogP contribution in [0.2, 0.25) is 0 Å². The summed E-state index contributed by atoms with van der Waals surface area (Å²) in [6.45, 7) is 0. The number of fused-ring (bicyclic) bond motifs is 1. The van der Waals surface area contributed by atoms with Crippen molar-refractivity contribution in [2.24, 2.45) is 10.7 Å². The van der Waals surface area contributed by atoms with Gasteiger partial charge in [-0.1, -0.05) is 12.2 Å². The van der Waals surface area contributed by atoms with Crippen molar-refractivity contribution in [1.82, 2.24) is 0 Å². The fourth-order valence-electron chi connectivity index (χ4n) is 1.71. The van der Waals surface area contributed by atoms with Gasteiger partial charge >= 0.3 is 11.7 Å². The molecule has 6 heteroatoms. The number of carboxylic acid groups (broad SMARTS) is 1. The molecule has 0 saturated carbocycles. The van der Waals surface area contributed by atoms with Crippen LogP contribution >= 0.6 is 0 Å². The highest BCUT2D eigenvalue weighted by atomic mass is 16.4. The van der Waals surface area contributed by atoms with Gasteiger partial charge < -0.3 is 16.4 Å². The highest BCUT2D eigenvalue weighted by molar-refractivity contribution is 6.52. The van der Waals surface area contributed by atoms with Crippen LogP contribution in [0.4, 0.5) is 0 Å². The monoisotopic (exact) mass is 230 g/mol. The average molecular weight is 230 g/mol. The van der Waals surface area contributed by atoms with E-state index < -0.39 is 12.0 Å². The van der Waals surface area contributed by atoms with Crippen LogP contribution in [-0.4, -0.2) is 33.3 Å². The molecule has 0 aromatic carbocycles. The highest BCUT2D eigenvalue weighted by Crippen LogP contribution is 2.26. The van der Waals surface area contributed by atoms with Crippen molar-refractivity contribution in [2.75, 3.05) is 0 Å². The van der Waals surface area contributed by atoms with E-state index in [-0.39, 0.29) is 6.42 Å². The Morgan fingerprint density at radius 3 is 3.06 bits per heavy atom. The Morgan fingerprint density at radius 2 is 2.41 bits per heavy atom. The van der Waals surface area contributed by atoms with E-state index in [2.05, 4.69) is 9.78 Å². The summed E-state index contributed by atoms with van der Waals surface area (Å²) >= 11 is 0. The smallest absolute Gasteiger partial charge is 0.341 e. The van der Waals surface area contributed by atoms with Gasteiger partial charge in [-0.15, -0.1) is 0 Å². The van der Waals surface area contributed by atoms with Crippen LogP contribution < -0.4 is 5.73 Å². The zero-order valence-corrected chi connectivity index (χ0v) is 8.87. The number of carbonyl (C=O) groups is 1. The van der Waals surface area contributed by atoms with Crippen molar-refractivity contribution in [3.63, 3.8) is 0 Å². The maximum atomic E-state index is 10.7. The number of aliphatic imine (C=N–C) groups is 1. The maximum absolute atomic E-state index is 10.7. The first-order chi connectivity index (χ1) is 8.13. The standard InChI is InChI=1S/C11H10N4O2/c12-8(11(16)17)4-6-5-14-10-7(6)2-1-3-9(10)15-13/h1-3,5,8H,4,12H2,(H,16,17). The van der Waals surface area contributed by atoms with E-state index in [0.29, 0.717) is 11.4 Å². The lowest BCUT2D eigenvalue weighted by atomic mass is 9.93. The van der Waals surface area contributed by atoms with Gasteiger partial charge in [0.15, 0.2) is 5.71 Å². The van der Waals surface area contributed by atoms with E-state index in [4.69, 9.17) is 16.4 Å². The Labute approximate surface area is 97.1 Å². The van der Waals surface area contributed by atoms with E-state index in [1.165, 1.54) is 0 Å². The summed E-state index contributed by atoms with van der Waals surface area (Å²) in [5.74, 6) is -1.05. The average Bonchev–Trinajstić information content (AvgIpc) is 2.72. The zero-order valence-electron chi connectivity index (χ0n) is 8.87.